The van der Waals surface area contributed by atoms with E-state index in [1.807, 2.05) is 11.0 Å². The third kappa shape index (κ3) is 4.09. The average molecular weight is 346 g/mol. The van der Waals surface area contributed by atoms with Gasteiger partial charge in [-0.05, 0) is 62.3 Å². The van der Waals surface area contributed by atoms with E-state index < -0.39 is 0 Å². The fourth-order valence-corrected chi connectivity index (χ4v) is 3.94. The molecule has 5 heteroatoms. The maximum Gasteiger partial charge on any atom is 0.317 e. The number of fused-ring (bicyclic) bond motifs is 1. The van der Waals surface area contributed by atoms with E-state index in [0.29, 0.717) is 5.92 Å². The maximum absolute atomic E-state index is 12.6. The molecule has 2 atom stereocenters. The lowest BCUT2D eigenvalue weighted by Crippen LogP contribution is -2.40. The molecule has 1 fully saturated rings. The predicted molar refractivity (Wildman–Crippen MR) is 97.8 cm³/mol. The second kappa shape index (κ2) is 7.24. The van der Waals surface area contributed by atoms with Crippen molar-refractivity contribution in [3.8, 4) is 5.75 Å². The van der Waals surface area contributed by atoms with Crippen LogP contribution in [0.1, 0.15) is 57.2 Å². The number of likely N-dealkylation sites (tertiary alicyclic amines) is 1. The molecule has 138 valence electrons. The zero-order valence-corrected chi connectivity index (χ0v) is 15.5. The second-order valence-corrected chi connectivity index (χ2v) is 7.93. The van der Waals surface area contributed by atoms with Crippen LogP contribution < -0.4 is 10.1 Å². The fraction of sp³-hybridized carbons (Fsp3) is 0.650. The Kier molecular flexibility index (Phi) is 5.23. The summed E-state index contributed by atoms with van der Waals surface area (Å²) in [6.07, 6.45) is 3.51. The van der Waals surface area contributed by atoms with Crippen molar-refractivity contribution >= 4 is 6.03 Å². The molecule has 0 bridgehead atoms. The minimum Gasteiger partial charge on any atom is -0.487 e. The van der Waals surface area contributed by atoms with E-state index in [0.717, 1.165) is 50.1 Å². The van der Waals surface area contributed by atoms with Gasteiger partial charge in [-0.15, -0.1) is 0 Å². The van der Waals surface area contributed by atoms with Gasteiger partial charge in [-0.2, -0.15) is 0 Å². The molecule has 25 heavy (non-hydrogen) atoms. The number of aliphatic hydroxyl groups is 1. The van der Waals surface area contributed by atoms with Gasteiger partial charge >= 0.3 is 6.03 Å². The molecule has 2 aliphatic rings. The predicted octanol–water partition coefficient (Wildman–Crippen LogP) is 3.27. The summed E-state index contributed by atoms with van der Waals surface area (Å²) in [6.45, 7) is 8.01. The van der Waals surface area contributed by atoms with Crippen molar-refractivity contribution in [1.29, 1.82) is 0 Å². The second-order valence-electron chi connectivity index (χ2n) is 7.93. The molecule has 1 aromatic carbocycles. The van der Waals surface area contributed by atoms with Crippen molar-refractivity contribution in [2.24, 2.45) is 5.92 Å². The van der Waals surface area contributed by atoms with Crippen LogP contribution in [-0.2, 0) is 6.42 Å². The van der Waals surface area contributed by atoms with Crippen LogP contribution in [0.2, 0.25) is 0 Å². The van der Waals surface area contributed by atoms with Crippen LogP contribution in [-0.4, -0.2) is 41.3 Å². The highest BCUT2D eigenvalue weighted by atomic mass is 16.5. The van der Waals surface area contributed by atoms with Gasteiger partial charge in [0.1, 0.15) is 11.4 Å². The molecular weight excluding hydrogens is 316 g/mol. The van der Waals surface area contributed by atoms with Gasteiger partial charge in [0.2, 0.25) is 0 Å². The van der Waals surface area contributed by atoms with Crippen molar-refractivity contribution < 1.29 is 14.6 Å². The summed E-state index contributed by atoms with van der Waals surface area (Å²) >= 11 is 0. The van der Waals surface area contributed by atoms with Crippen molar-refractivity contribution in [3.05, 3.63) is 29.3 Å². The molecule has 0 unspecified atom stereocenters. The van der Waals surface area contributed by atoms with Crippen LogP contribution in [0.15, 0.2) is 18.2 Å². The highest BCUT2D eigenvalue weighted by Gasteiger charge is 2.31. The monoisotopic (exact) mass is 346 g/mol. The van der Waals surface area contributed by atoms with E-state index in [1.54, 1.807) is 0 Å². The number of amides is 2. The van der Waals surface area contributed by atoms with Gasteiger partial charge in [0.05, 0.1) is 6.04 Å². The van der Waals surface area contributed by atoms with E-state index >= 15 is 0 Å². The summed E-state index contributed by atoms with van der Waals surface area (Å²) in [5.74, 6) is 1.39. The summed E-state index contributed by atoms with van der Waals surface area (Å²) in [4.78, 5) is 14.5. The van der Waals surface area contributed by atoms with Crippen LogP contribution in [0.4, 0.5) is 4.79 Å². The molecule has 2 amide bonds. The Bertz CT molecular complexity index is 629. The minimum atomic E-state index is -0.150. The quantitative estimate of drug-likeness (QED) is 0.860. The first-order chi connectivity index (χ1) is 11.9. The number of benzene rings is 1. The van der Waals surface area contributed by atoms with Crippen molar-refractivity contribution in [1.82, 2.24) is 10.2 Å². The van der Waals surface area contributed by atoms with Crippen LogP contribution in [0, 0.1) is 5.92 Å². The van der Waals surface area contributed by atoms with Crippen LogP contribution >= 0.6 is 0 Å². The number of urea groups is 1. The molecule has 1 saturated heterocycles. The number of hydrogen-bond donors (Lipinski definition) is 2. The van der Waals surface area contributed by atoms with Crippen molar-refractivity contribution in [2.45, 2.75) is 58.1 Å². The first kappa shape index (κ1) is 18.1. The van der Waals surface area contributed by atoms with Crippen LogP contribution in [0.25, 0.3) is 0 Å². The lowest BCUT2D eigenvalue weighted by Gasteiger charge is -2.23. The van der Waals surface area contributed by atoms with Gasteiger partial charge in [0, 0.05) is 26.1 Å². The van der Waals surface area contributed by atoms with Gasteiger partial charge in [0.25, 0.3) is 0 Å². The number of rotatable bonds is 5. The Hall–Kier alpha value is -1.75. The molecule has 0 radical (unpaired) electrons. The van der Waals surface area contributed by atoms with Gasteiger partial charge in [-0.3, -0.25) is 0 Å². The topological polar surface area (TPSA) is 61.8 Å². The summed E-state index contributed by atoms with van der Waals surface area (Å²) in [6, 6.07) is 6.29. The summed E-state index contributed by atoms with van der Waals surface area (Å²) < 4.78 is 5.94. The maximum atomic E-state index is 12.6. The summed E-state index contributed by atoms with van der Waals surface area (Å²) in [5.41, 5.74) is 2.21. The molecule has 0 saturated carbocycles. The number of nitrogens with zero attached hydrogens (tertiary/aromatic N) is 1. The van der Waals surface area contributed by atoms with Gasteiger partial charge in [-0.1, -0.05) is 13.0 Å². The zero-order valence-electron chi connectivity index (χ0n) is 15.5. The molecule has 0 aromatic heterocycles. The van der Waals surface area contributed by atoms with E-state index in [-0.39, 0.29) is 24.3 Å². The van der Waals surface area contributed by atoms with E-state index in [1.165, 1.54) is 5.56 Å². The number of aliphatic hydroxyl groups excluding tert-OH is 1. The molecular formula is C20H30N2O3. The van der Waals surface area contributed by atoms with Crippen molar-refractivity contribution in [3.63, 3.8) is 0 Å². The third-order valence-electron chi connectivity index (χ3n) is 5.31. The van der Waals surface area contributed by atoms with E-state index in [4.69, 9.17) is 9.84 Å². The van der Waals surface area contributed by atoms with Gasteiger partial charge < -0.3 is 20.1 Å². The van der Waals surface area contributed by atoms with E-state index in [9.17, 15) is 4.79 Å². The average Bonchev–Trinajstić information content (AvgIpc) is 3.14. The highest BCUT2D eigenvalue weighted by Crippen LogP contribution is 2.36. The standard InChI is InChI=1S/C20H30N2O3/c1-4-17(21-19(24)22-9-7-14(13-22)8-10-23)15-5-6-18-16(11-15)12-20(2,3)25-18/h5-6,11,14,17,23H,4,7-10,12-13H2,1-3H3,(H,21,24)/t14-,17+/m0/s1. The highest BCUT2D eigenvalue weighted by molar-refractivity contribution is 5.75. The fourth-order valence-electron chi connectivity index (χ4n) is 3.94. The molecule has 2 heterocycles. The Balaban J connectivity index is 1.65. The largest absolute Gasteiger partial charge is 0.487 e. The Morgan fingerprint density at radius 1 is 1.48 bits per heavy atom. The number of carbonyl (C=O) groups excluding carboxylic acids is 1. The molecule has 2 N–H and O–H groups in total. The molecule has 1 aromatic rings. The minimum absolute atomic E-state index is 0.00404. The van der Waals surface area contributed by atoms with Gasteiger partial charge in [0.15, 0.2) is 0 Å². The summed E-state index contributed by atoms with van der Waals surface area (Å²) in [7, 11) is 0. The van der Waals surface area contributed by atoms with Crippen LogP contribution in [0.3, 0.4) is 0 Å². The molecule has 5 nitrogen and oxygen atoms in total. The zero-order chi connectivity index (χ0) is 18.0. The third-order valence-corrected chi connectivity index (χ3v) is 5.31. The molecule has 3 rings (SSSR count). The SMILES string of the molecule is CC[C@@H](NC(=O)N1CC[C@@H](CCO)C1)c1ccc2c(c1)CC(C)(C)O2. The molecule has 0 aliphatic carbocycles. The lowest BCUT2D eigenvalue weighted by molar-refractivity contribution is 0.138. The number of carbonyl (C=O) groups is 1. The summed E-state index contributed by atoms with van der Waals surface area (Å²) in [5, 5.41) is 12.3. The first-order valence-corrected chi connectivity index (χ1v) is 9.40. The normalized spacial score (nSPS) is 22.4. The van der Waals surface area contributed by atoms with Gasteiger partial charge in [-0.25, -0.2) is 4.79 Å². The lowest BCUT2D eigenvalue weighted by atomic mass is 9.97. The number of hydrogen-bond acceptors (Lipinski definition) is 3. The van der Waals surface area contributed by atoms with Crippen molar-refractivity contribution in [2.75, 3.05) is 19.7 Å². The Labute approximate surface area is 150 Å². The number of nitrogens with one attached hydrogen (secondary N) is 1. The van der Waals surface area contributed by atoms with Crippen LogP contribution in [0.5, 0.6) is 5.75 Å². The van der Waals surface area contributed by atoms with E-state index in [2.05, 4.69) is 38.2 Å². The molecule has 0 spiro atoms. The molecule has 2 aliphatic heterocycles. The Morgan fingerprint density at radius 3 is 3.00 bits per heavy atom. The Morgan fingerprint density at radius 2 is 2.28 bits per heavy atom. The first-order valence-electron chi connectivity index (χ1n) is 9.40. The smallest absolute Gasteiger partial charge is 0.317 e. The number of ether oxygens (including phenoxy) is 1.